The summed E-state index contributed by atoms with van der Waals surface area (Å²) >= 11 is -3.76. The van der Waals surface area contributed by atoms with Gasteiger partial charge in [0, 0.05) is 11.9 Å². The summed E-state index contributed by atoms with van der Waals surface area (Å²) in [5.74, 6) is 1.02. The number of hydrogen-bond donors (Lipinski definition) is 2. The normalized spacial score (nSPS) is 9.86. The van der Waals surface area contributed by atoms with E-state index in [0.29, 0.717) is 0 Å². The van der Waals surface area contributed by atoms with Gasteiger partial charge in [0.25, 0.3) is 0 Å². The van der Waals surface area contributed by atoms with Gasteiger partial charge < -0.3 is 11.9 Å². The molecule has 0 bridgehead atoms. The number of unbranched alkanes of at least 4 members (excludes halogenated alkanes) is 1. The SMILES string of the molecule is CCCCc1cnc(C)[nH]1.[O-][I+2]([O-])O. The first-order valence-electron chi connectivity index (χ1n) is 4.31. The number of halogens is 1. The van der Waals surface area contributed by atoms with Crippen LogP contribution in [0, 0.1) is 6.92 Å². The maximum atomic E-state index is 8.68. The Morgan fingerprint density at radius 1 is 1.57 bits per heavy atom. The number of aromatic amines is 1. The number of aromatic nitrogens is 2. The van der Waals surface area contributed by atoms with E-state index >= 15 is 0 Å². The molecule has 14 heavy (non-hydrogen) atoms. The van der Waals surface area contributed by atoms with Crippen molar-refractivity contribution in [1.82, 2.24) is 9.97 Å². The summed E-state index contributed by atoms with van der Waals surface area (Å²) in [7, 11) is 0. The standard InChI is InChI=1S/C8H14N2.HIO3/c1-3-4-5-8-6-9-7(2)10-8;2-1(3)4/h6H,3-5H2,1-2H3,(H,9,10);2H. The zero-order valence-corrected chi connectivity index (χ0v) is 10.4. The average molecular weight is 314 g/mol. The van der Waals surface area contributed by atoms with Crippen LogP contribution >= 0.6 is 0 Å². The van der Waals surface area contributed by atoms with Gasteiger partial charge in [-0.15, -0.1) is 0 Å². The summed E-state index contributed by atoms with van der Waals surface area (Å²) in [6, 6.07) is 0. The van der Waals surface area contributed by atoms with Crippen molar-refractivity contribution in [3.05, 3.63) is 17.7 Å². The zero-order chi connectivity index (χ0) is 11.0. The number of H-pyrrole nitrogens is 1. The first kappa shape index (κ1) is 13.8. The van der Waals surface area contributed by atoms with E-state index in [0.717, 1.165) is 12.2 Å². The molecule has 1 rings (SSSR count). The smallest absolute Gasteiger partial charge is 0.396 e. The second kappa shape index (κ2) is 8.16. The Morgan fingerprint density at radius 3 is 2.50 bits per heavy atom. The molecule has 0 saturated carbocycles. The Morgan fingerprint density at radius 2 is 2.14 bits per heavy atom. The van der Waals surface area contributed by atoms with Crippen molar-refractivity contribution in [2.24, 2.45) is 0 Å². The molecule has 1 aromatic heterocycles. The molecule has 2 N–H and O–H groups in total. The van der Waals surface area contributed by atoms with Gasteiger partial charge in [-0.2, -0.15) is 0 Å². The number of nitrogens with zero attached hydrogens (tertiary/aromatic N) is 1. The third-order valence-corrected chi connectivity index (χ3v) is 1.56. The second-order valence-electron chi connectivity index (χ2n) is 2.80. The Kier molecular flexibility index (Phi) is 8.05. The minimum Gasteiger partial charge on any atom is -0.396 e. The Balaban J connectivity index is 0.000000364. The topological polar surface area (TPSA) is 95.0 Å². The fourth-order valence-electron chi connectivity index (χ4n) is 0.966. The summed E-state index contributed by atoms with van der Waals surface area (Å²) in [5, 5.41) is 0. The predicted octanol–water partition coefficient (Wildman–Crippen LogP) is -3.87. The number of nitrogens with one attached hydrogen (secondary N) is 1. The molecule has 0 unspecified atom stereocenters. The Labute approximate surface area is 92.2 Å². The van der Waals surface area contributed by atoms with E-state index in [1.807, 2.05) is 13.1 Å². The fraction of sp³-hybridized carbons (Fsp3) is 0.625. The summed E-state index contributed by atoms with van der Waals surface area (Å²) in [6.45, 7) is 4.18. The molecule has 0 atom stereocenters. The fourth-order valence-corrected chi connectivity index (χ4v) is 0.966. The molecule has 1 aromatic rings. The third kappa shape index (κ3) is 8.42. The van der Waals surface area contributed by atoms with Crippen molar-refractivity contribution >= 4 is 0 Å². The highest BCUT2D eigenvalue weighted by molar-refractivity contribution is 4.99. The van der Waals surface area contributed by atoms with Crippen LogP contribution in [-0.4, -0.2) is 13.4 Å². The number of hydrogen-bond acceptors (Lipinski definition) is 4. The quantitative estimate of drug-likeness (QED) is 0.558. The minimum absolute atomic E-state index is 1.02. The predicted molar refractivity (Wildman–Crippen MR) is 44.2 cm³/mol. The van der Waals surface area contributed by atoms with Crippen molar-refractivity contribution in [2.75, 3.05) is 0 Å². The molecular formula is C8H15IN2O3. The maximum Gasteiger partial charge on any atom is 0.503 e. The van der Waals surface area contributed by atoms with Crippen molar-refractivity contribution in [3.8, 4) is 0 Å². The largest absolute Gasteiger partial charge is 0.503 e. The highest BCUT2D eigenvalue weighted by Gasteiger charge is 1.93. The summed E-state index contributed by atoms with van der Waals surface area (Å²) in [6.07, 6.45) is 5.56. The monoisotopic (exact) mass is 314 g/mol. The van der Waals surface area contributed by atoms with Gasteiger partial charge in [0.05, 0.1) is 0 Å². The van der Waals surface area contributed by atoms with E-state index in [-0.39, 0.29) is 0 Å². The third-order valence-electron chi connectivity index (χ3n) is 1.56. The van der Waals surface area contributed by atoms with Crippen LogP contribution in [0.2, 0.25) is 0 Å². The molecule has 0 aliphatic rings. The van der Waals surface area contributed by atoms with Crippen LogP contribution < -0.4 is 27.9 Å². The van der Waals surface area contributed by atoms with Crippen LogP contribution in [0.25, 0.3) is 0 Å². The molecule has 0 aliphatic heterocycles. The lowest BCUT2D eigenvalue weighted by Crippen LogP contribution is -3.98. The lowest BCUT2D eigenvalue weighted by atomic mass is 10.2. The second-order valence-corrected chi connectivity index (χ2v) is 3.95. The lowest BCUT2D eigenvalue weighted by molar-refractivity contribution is -1.63. The zero-order valence-electron chi connectivity index (χ0n) is 8.29. The van der Waals surface area contributed by atoms with Crippen LogP contribution in [-0.2, 0) is 6.42 Å². The van der Waals surface area contributed by atoms with E-state index in [1.165, 1.54) is 18.5 Å². The highest BCUT2D eigenvalue weighted by atomic mass is 127. The van der Waals surface area contributed by atoms with Gasteiger partial charge in [-0.1, -0.05) is 13.3 Å². The van der Waals surface area contributed by atoms with Gasteiger partial charge in [-0.3, -0.25) is 0 Å². The molecule has 5 nitrogen and oxygen atoms in total. The molecule has 0 fully saturated rings. The van der Waals surface area contributed by atoms with Gasteiger partial charge >= 0.3 is 21.1 Å². The van der Waals surface area contributed by atoms with E-state index in [1.54, 1.807) is 0 Å². The van der Waals surface area contributed by atoms with E-state index in [9.17, 15) is 0 Å². The average Bonchev–Trinajstić information content (AvgIpc) is 2.47. The molecule has 0 spiro atoms. The highest BCUT2D eigenvalue weighted by Crippen LogP contribution is 2.01. The first-order valence-corrected chi connectivity index (χ1v) is 7.04. The van der Waals surface area contributed by atoms with E-state index < -0.39 is 21.1 Å². The van der Waals surface area contributed by atoms with Crippen LogP contribution in [0.4, 0.5) is 0 Å². The number of imidazole rings is 1. The van der Waals surface area contributed by atoms with Crippen molar-refractivity contribution in [2.45, 2.75) is 33.1 Å². The van der Waals surface area contributed by atoms with Crippen LogP contribution in [0.15, 0.2) is 6.20 Å². The molecule has 82 valence electrons. The number of aryl methyl sites for hydroxylation is 2. The molecule has 6 heteroatoms. The molecule has 0 aromatic carbocycles. The van der Waals surface area contributed by atoms with Crippen molar-refractivity contribution in [1.29, 1.82) is 0 Å². The first-order chi connectivity index (χ1) is 6.56. The van der Waals surface area contributed by atoms with Crippen molar-refractivity contribution in [3.63, 3.8) is 0 Å². The van der Waals surface area contributed by atoms with Crippen LogP contribution in [0.3, 0.4) is 0 Å². The summed E-state index contributed by atoms with van der Waals surface area (Å²) in [4.78, 5) is 7.31. The maximum absolute atomic E-state index is 8.68. The molecule has 1 heterocycles. The van der Waals surface area contributed by atoms with Crippen LogP contribution in [0.5, 0.6) is 0 Å². The molecule has 0 saturated heterocycles. The summed E-state index contributed by atoms with van der Waals surface area (Å²) < 4.78 is 24.5. The van der Waals surface area contributed by atoms with Gasteiger partial charge in [0.15, 0.2) is 0 Å². The molecular weight excluding hydrogens is 299 g/mol. The van der Waals surface area contributed by atoms with E-state index in [4.69, 9.17) is 10.3 Å². The van der Waals surface area contributed by atoms with Gasteiger partial charge in [0.1, 0.15) is 5.82 Å². The van der Waals surface area contributed by atoms with E-state index in [2.05, 4.69) is 16.9 Å². The molecule has 0 amide bonds. The minimum atomic E-state index is -3.76. The van der Waals surface area contributed by atoms with Crippen LogP contribution in [0.1, 0.15) is 31.3 Å². The molecule has 0 aliphatic carbocycles. The van der Waals surface area contributed by atoms with Gasteiger partial charge in [-0.25, -0.2) is 4.98 Å². The summed E-state index contributed by atoms with van der Waals surface area (Å²) in [5.41, 5.74) is 1.26. The van der Waals surface area contributed by atoms with Gasteiger partial charge in [-0.05, 0) is 23.2 Å². The van der Waals surface area contributed by atoms with Crippen molar-refractivity contribution < 1.29 is 31.4 Å². The number of rotatable bonds is 3. The lowest BCUT2D eigenvalue weighted by Gasteiger charge is -1.91. The molecule has 0 radical (unpaired) electrons. The van der Waals surface area contributed by atoms with Gasteiger partial charge in [0.2, 0.25) is 0 Å². The Bertz CT molecular complexity index is 237. The Hall–Kier alpha value is -0.180.